The van der Waals surface area contributed by atoms with Crippen LogP contribution in [0.4, 0.5) is 0 Å². The van der Waals surface area contributed by atoms with Crippen LogP contribution in [0, 0.1) is 0 Å². The van der Waals surface area contributed by atoms with Gasteiger partial charge in [-0.3, -0.25) is 4.90 Å². The molecule has 1 aliphatic heterocycles. The van der Waals surface area contributed by atoms with Crippen LogP contribution >= 0.6 is 15.9 Å². The minimum Gasteiger partial charge on any atom is -0.491 e. The van der Waals surface area contributed by atoms with Crippen LogP contribution in [0.1, 0.15) is 13.8 Å². The van der Waals surface area contributed by atoms with Crippen LogP contribution < -0.4 is 4.74 Å². The van der Waals surface area contributed by atoms with Gasteiger partial charge in [0.1, 0.15) is 18.5 Å². The second-order valence-electron chi connectivity index (χ2n) is 5.39. The average molecular weight is 344 g/mol. The van der Waals surface area contributed by atoms with E-state index in [2.05, 4.69) is 34.7 Å². The molecule has 20 heavy (non-hydrogen) atoms. The van der Waals surface area contributed by atoms with Gasteiger partial charge in [0.05, 0.1) is 12.2 Å². The fraction of sp³-hybridized carbons (Fsp3) is 0.600. The Morgan fingerprint density at radius 3 is 2.50 bits per heavy atom. The Morgan fingerprint density at radius 2 is 1.90 bits per heavy atom. The molecule has 0 amide bonds. The Labute approximate surface area is 128 Å². The third-order valence-electron chi connectivity index (χ3n) is 3.22. The minimum atomic E-state index is -0.490. The topological polar surface area (TPSA) is 41.9 Å². The van der Waals surface area contributed by atoms with Crippen molar-refractivity contribution in [1.82, 2.24) is 4.90 Å². The van der Waals surface area contributed by atoms with Crippen molar-refractivity contribution in [3.05, 3.63) is 28.7 Å². The summed E-state index contributed by atoms with van der Waals surface area (Å²) in [5.41, 5.74) is 0. The summed E-state index contributed by atoms with van der Waals surface area (Å²) in [4.78, 5) is 2.23. The number of β-amino-alcohol motifs (C(OH)–C–C–N with tert-alkyl or cyclic N) is 1. The van der Waals surface area contributed by atoms with Gasteiger partial charge < -0.3 is 14.6 Å². The van der Waals surface area contributed by atoms with Crippen LogP contribution in [0.15, 0.2) is 28.7 Å². The number of halogens is 1. The number of hydrogen-bond acceptors (Lipinski definition) is 4. The molecule has 1 aromatic rings. The number of aliphatic hydroxyl groups is 1. The summed E-state index contributed by atoms with van der Waals surface area (Å²) < 4.78 is 12.3. The number of rotatable bonds is 5. The van der Waals surface area contributed by atoms with E-state index < -0.39 is 6.10 Å². The average Bonchev–Trinajstić information content (AvgIpc) is 2.37. The SMILES string of the molecule is C[C@@H]1CN(C[C@H](O)COc2ccc(Br)cc2)C[C@H](C)O1. The Kier molecular flexibility index (Phi) is 5.84. The molecule has 5 heteroatoms. The Bertz CT molecular complexity index is 402. The molecule has 0 saturated carbocycles. The molecular formula is C15H22BrNO3. The summed E-state index contributed by atoms with van der Waals surface area (Å²) >= 11 is 3.38. The highest BCUT2D eigenvalue weighted by molar-refractivity contribution is 9.10. The van der Waals surface area contributed by atoms with Crippen molar-refractivity contribution in [3.8, 4) is 5.75 Å². The van der Waals surface area contributed by atoms with Crippen LogP contribution in [0.5, 0.6) is 5.75 Å². The van der Waals surface area contributed by atoms with E-state index in [1.54, 1.807) is 0 Å². The van der Waals surface area contributed by atoms with Crippen LogP contribution in [0.25, 0.3) is 0 Å². The monoisotopic (exact) mass is 343 g/mol. The number of nitrogens with zero attached hydrogens (tertiary/aromatic N) is 1. The predicted molar refractivity (Wildman–Crippen MR) is 82.1 cm³/mol. The van der Waals surface area contributed by atoms with E-state index in [1.165, 1.54) is 0 Å². The van der Waals surface area contributed by atoms with Crippen LogP contribution in [-0.4, -0.2) is 54.6 Å². The van der Waals surface area contributed by atoms with Crippen molar-refractivity contribution in [2.75, 3.05) is 26.2 Å². The Morgan fingerprint density at radius 1 is 1.30 bits per heavy atom. The highest BCUT2D eigenvalue weighted by atomic mass is 79.9. The first-order chi connectivity index (χ1) is 9.52. The molecule has 1 fully saturated rings. The maximum atomic E-state index is 10.1. The normalized spacial score (nSPS) is 25.4. The summed E-state index contributed by atoms with van der Waals surface area (Å²) in [6.45, 7) is 6.77. The van der Waals surface area contributed by atoms with Gasteiger partial charge in [-0.15, -0.1) is 0 Å². The van der Waals surface area contributed by atoms with Crippen LogP contribution in [0.3, 0.4) is 0 Å². The van der Waals surface area contributed by atoms with Gasteiger partial charge in [-0.1, -0.05) is 15.9 Å². The molecule has 1 N–H and O–H groups in total. The van der Waals surface area contributed by atoms with E-state index in [-0.39, 0.29) is 12.2 Å². The number of morpholine rings is 1. The van der Waals surface area contributed by atoms with Gasteiger partial charge in [0.25, 0.3) is 0 Å². The maximum absolute atomic E-state index is 10.1. The second kappa shape index (κ2) is 7.41. The number of benzene rings is 1. The summed E-state index contributed by atoms with van der Waals surface area (Å²) in [5, 5.41) is 10.1. The minimum absolute atomic E-state index is 0.221. The summed E-state index contributed by atoms with van der Waals surface area (Å²) in [6.07, 6.45) is -0.0483. The largest absolute Gasteiger partial charge is 0.491 e. The molecular weight excluding hydrogens is 322 g/mol. The van der Waals surface area contributed by atoms with Crippen molar-refractivity contribution in [2.45, 2.75) is 32.2 Å². The lowest BCUT2D eigenvalue weighted by Gasteiger charge is -2.36. The number of ether oxygens (including phenoxy) is 2. The molecule has 2 rings (SSSR count). The smallest absolute Gasteiger partial charge is 0.119 e. The highest BCUT2D eigenvalue weighted by Gasteiger charge is 2.23. The van der Waals surface area contributed by atoms with Crippen molar-refractivity contribution in [2.24, 2.45) is 0 Å². The first-order valence-corrected chi connectivity index (χ1v) is 7.76. The van der Waals surface area contributed by atoms with Gasteiger partial charge in [0, 0.05) is 24.1 Å². The van der Waals surface area contributed by atoms with E-state index in [0.717, 1.165) is 23.3 Å². The van der Waals surface area contributed by atoms with E-state index in [4.69, 9.17) is 9.47 Å². The third kappa shape index (κ3) is 5.05. The fourth-order valence-electron chi connectivity index (χ4n) is 2.51. The van der Waals surface area contributed by atoms with Crippen molar-refractivity contribution in [3.63, 3.8) is 0 Å². The van der Waals surface area contributed by atoms with Gasteiger partial charge in [-0.05, 0) is 38.1 Å². The van der Waals surface area contributed by atoms with Crippen molar-refractivity contribution in [1.29, 1.82) is 0 Å². The van der Waals surface area contributed by atoms with Crippen molar-refractivity contribution >= 4 is 15.9 Å². The lowest BCUT2D eigenvalue weighted by atomic mass is 10.2. The molecule has 0 radical (unpaired) electrons. The van der Waals surface area contributed by atoms with Crippen LogP contribution in [-0.2, 0) is 4.74 Å². The molecule has 1 saturated heterocycles. The Balaban J connectivity index is 1.74. The zero-order valence-electron chi connectivity index (χ0n) is 12.0. The Hall–Kier alpha value is -0.620. The van der Waals surface area contributed by atoms with Gasteiger partial charge in [-0.25, -0.2) is 0 Å². The molecule has 0 spiro atoms. The van der Waals surface area contributed by atoms with E-state index in [1.807, 2.05) is 24.3 Å². The van der Waals surface area contributed by atoms with E-state index in [0.29, 0.717) is 13.2 Å². The summed E-state index contributed by atoms with van der Waals surface area (Å²) in [7, 11) is 0. The van der Waals surface area contributed by atoms with Gasteiger partial charge in [-0.2, -0.15) is 0 Å². The van der Waals surface area contributed by atoms with Crippen LogP contribution in [0.2, 0.25) is 0 Å². The number of hydrogen-bond donors (Lipinski definition) is 1. The lowest BCUT2D eigenvalue weighted by molar-refractivity contribution is -0.0786. The second-order valence-corrected chi connectivity index (χ2v) is 6.31. The summed E-state index contributed by atoms with van der Waals surface area (Å²) in [6, 6.07) is 7.62. The lowest BCUT2D eigenvalue weighted by Crippen LogP contribution is -2.48. The predicted octanol–water partition coefficient (Wildman–Crippen LogP) is 2.30. The zero-order valence-corrected chi connectivity index (χ0v) is 13.5. The molecule has 0 unspecified atom stereocenters. The molecule has 0 bridgehead atoms. The molecule has 1 aromatic carbocycles. The first kappa shape index (κ1) is 15.8. The summed E-state index contributed by atoms with van der Waals surface area (Å²) in [5.74, 6) is 0.774. The molecule has 1 heterocycles. The molecule has 112 valence electrons. The third-order valence-corrected chi connectivity index (χ3v) is 3.75. The molecule has 1 aliphatic rings. The van der Waals surface area contributed by atoms with Gasteiger partial charge >= 0.3 is 0 Å². The molecule has 4 nitrogen and oxygen atoms in total. The molecule has 0 aliphatic carbocycles. The van der Waals surface area contributed by atoms with E-state index in [9.17, 15) is 5.11 Å². The van der Waals surface area contributed by atoms with Crippen molar-refractivity contribution < 1.29 is 14.6 Å². The standard InChI is InChI=1S/C15H22BrNO3/c1-11-7-17(8-12(2)20-11)9-14(18)10-19-15-5-3-13(16)4-6-15/h3-6,11-12,14,18H,7-10H2,1-2H3/t11-,12+,14-/m0/s1. The van der Waals surface area contributed by atoms with Gasteiger partial charge in [0.2, 0.25) is 0 Å². The quantitative estimate of drug-likeness (QED) is 0.890. The van der Waals surface area contributed by atoms with Gasteiger partial charge in [0.15, 0.2) is 0 Å². The first-order valence-electron chi connectivity index (χ1n) is 6.97. The fourth-order valence-corrected chi connectivity index (χ4v) is 2.77. The molecule has 0 aromatic heterocycles. The maximum Gasteiger partial charge on any atom is 0.119 e. The van der Waals surface area contributed by atoms with E-state index >= 15 is 0 Å². The molecule has 3 atom stereocenters. The number of aliphatic hydroxyl groups excluding tert-OH is 1. The zero-order chi connectivity index (χ0) is 14.5. The highest BCUT2D eigenvalue weighted by Crippen LogP contribution is 2.16.